The van der Waals surface area contributed by atoms with E-state index in [0.717, 1.165) is 31.8 Å². The van der Waals surface area contributed by atoms with Gasteiger partial charge in [0.15, 0.2) is 0 Å². The van der Waals surface area contributed by atoms with E-state index in [1.807, 2.05) is 19.2 Å². The normalized spacial score (nSPS) is 12.4. The molecule has 2 aromatic rings. The summed E-state index contributed by atoms with van der Waals surface area (Å²) in [7, 11) is 0. The predicted molar refractivity (Wildman–Crippen MR) is 95.1 cm³/mol. The lowest BCUT2D eigenvalue weighted by molar-refractivity contribution is 0.332. The van der Waals surface area contributed by atoms with Crippen LogP contribution in [0.5, 0.6) is 5.75 Å². The highest BCUT2D eigenvalue weighted by atomic mass is 79.9. The zero-order valence-electron chi connectivity index (χ0n) is 12.2. The molecule has 1 aromatic carbocycles. The van der Waals surface area contributed by atoms with Gasteiger partial charge in [0.1, 0.15) is 10.8 Å². The van der Waals surface area contributed by atoms with Gasteiger partial charge in [0.05, 0.1) is 17.1 Å². The summed E-state index contributed by atoms with van der Waals surface area (Å²) in [4.78, 5) is 5.66. The van der Waals surface area contributed by atoms with Gasteiger partial charge in [-0.15, -0.1) is 11.3 Å². The molecule has 1 unspecified atom stereocenters. The second kappa shape index (κ2) is 7.72. The molecule has 0 aliphatic heterocycles. The van der Waals surface area contributed by atoms with Crippen LogP contribution in [0.2, 0.25) is 0 Å². The van der Waals surface area contributed by atoms with Gasteiger partial charge in [-0.3, -0.25) is 0 Å². The van der Waals surface area contributed by atoms with Crippen LogP contribution in [0.25, 0.3) is 0 Å². The summed E-state index contributed by atoms with van der Waals surface area (Å²) in [5.41, 5.74) is 1.12. The molecule has 0 saturated heterocycles. The molecule has 1 aromatic heterocycles. The average Bonchev–Trinajstić information content (AvgIpc) is 2.86. The summed E-state index contributed by atoms with van der Waals surface area (Å²) >= 11 is 8.82. The van der Waals surface area contributed by atoms with Crippen molar-refractivity contribution in [2.75, 3.05) is 6.61 Å². The van der Waals surface area contributed by atoms with Crippen molar-refractivity contribution < 1.29 is 4.74 Å². The van der Waals surface area contributed by atoms with Crippen molar-refractivity contribution in [3.8, 4) is 5.75 Å². The van der Waals surface area contributed by atoms with Crippen LogP contribution < -0.4 is 10.1 Å². The molecule has 1 N–H and O–H groups in total. The third-order valence-electron chi connectivity index (χ3n) is 2.98. The van der Waals surface area contributed by atoms with Crippen molar-refractivity contribution in [3.63, 3.8) is 0 Å². The van der Waals surface area contributed by atoms with Gasteiger partial charge < -0.3 is 10.1 Å². The second-order valence-electron chi connectivity index (χ2n) is 4.72. The molecule has 0 bridgehead atoms. The van der Waals surface area contributed by atoms with Crippen molar-refractivity contribution in [2.24, 2.45) is 0 Å². The zero-order valence-corrected chi connectivity index (χ0v) is 16.2. The Bertz CT molecular complexity index is 616. The standard InChI is InChI=1S/C15H18Br2N2OS/c1-4-20-14-11(5-12(16)6-13(14)17)8-18-10(3)15-19-7-9(2)21-15/h5-7,10,18H,4,8H2,1-3H3. The minimum atomic E-state index is 0.218. The van der Waals surface area contributed by atoms with E-state index in [1.165, 1.54) is 4.88 Å². The second-order valence-corrected chi connectivity index (χ2v) is 7.76. The zero-order chi connectivity index (χ0) is 15.4. The number of ether oxygens (including phenoxy) is 1. The Balaban J connectivity index is 2.12. The minimum Gasteiger partial charge on any atom is -0.492 e. The SMILES string of the molecule is CCOc1c(Br)cc(Br)cc1CNC(C)c1ncc(C)s1. The highest BCUT2D eigenvalue weighted by Gasteiger charge is 2.13. The third-order valence-corrected chi connectivity index (χ3v) is 5.12. The van der Waals surface area contributed by atoms with Gasteiger partial charge in [0.25, 0.3) is 0 Å². The average molecular weight is 434 g/mol. The summed E-state index contributed by atoms with van der Waals surface area (Å²) < 4.78 is 7.74. The quantitative estimate of drug-likeness (QED) is 0.677. The van der Waals surface area contributed by atoms with Crippen molar-refractivity contribution in [3.05, 3.63) is 42.7 Å². The van der Waals surface area contributed by atoms with Gasteiger partial charge in [-0.2, -0.15) is 0 Å². The largest absolute Gasteiger partial charge is 0.492 e. The van der Waals surface area contributed by atoms with Crippen molar-refractivity contribution >= 4 is 43.2 Å². The highest BCUT2D eigenvalue weighted by molar-refractivity contribution is 9.11. The highest BCUT2D eigenvalue weighted by Crippen LogP contribution is 2.33. The Morgan fingerprint density at radius 3 is 2.76 bits per heavy atom. The monoisotopic (exact) mass is 432 g/mol. The maximum absolute atomic E-state index is 5.74. The molecular formula is C15H18Br2N2OS. The molecule has 0 aliphatic rings. The Hall–Kier alpha value is -0.430. The summed E-state index contributed by atoms with van der Waals surface area (Å²) in [6, 6.07) is 4.31. The van der Waals surface area contributed by atoms with E-state index >= 15 is 0 Å². The number of hydrogen-bond donors (Lipinski definition) is 1. The van der Waals surface area contributed by atoms with E-state index in [2.05, 4.69) is 62.1 Å². The molecule has 114 valence electrons. The van der Waals surface area contributed by atoms with Crippen LogP contribution in [-0.2, 0) is 6.54 Å². The molecule has 21 heavy (non-hydrogen) atoms. The number of hydrogen-bond acceptors (Lipinski definition) is 4. The fraction of sp³-hybridized carbons (Fsp3) is 0.400. The van der Waals surface area contributed by atoms with Crippen LogP contribution in [0.15, 0.2) is 27.3 Å². The Kier molecular flexibility index (Phi) is 6.22. The van der Waals surface area contributed by atoms with Crippen LogP contribution in [-0.4, -0.2) is 11.6 Å². The maximum Gasteiger partial charge on any atom is 0.138 e. The smallest absolute Gasteiger partial charge is 0.138 e. The number of nitrogens with one attached hydrogen (secondary N) is 1. The molecule has 0 spiro atoms. The number of halogens is 2. The fourth-order valence-corrected chi connectivity index (χ4v) is 4.20. The molecule has 0 radical (unpaired) electrons. The van der Waals surface area contributed by atoms with Crippen LogP contribution in [0.3, 0.4) is 0 Å². The number of thiazole rings is 1. The van der Waals surface area contributed by atoms with Gasteiger partial charge in [0.2, 0.25) is 0 Å². The van der Waals surface area contributed by atoms with E-state index < -0.39 is 0 Å². The molecule has 1 atom stereocenters. The van der Waals surface area contributed by atoms with Crippen molar-refractivity contribution in [2.45, 2.75) is 33.4 Å². The summed E-state index contributed by atoms with van der Waals surface area (Å²) in [5, 5.41) is 4.62. The minimum absolute atomic E-state index is 0.218. The first-order valence-electron chi connectivity index (χ1n) is 6.77. The van der Waals surface area contributed by atoms with Gasteiger partial charge in [-0.1, -0.05) is 15.9 Å². The van der Waals surface area contributed by atoms with Gasteiger partial charge in [0, 0.05) is 27.7 Å². The predicted octanol–water partition coefficient (Wildman–Crippen LogP) is 5.23. The first-order chi connectivity index (χ1) is 10.0. The fourth-order valence-electron chi connectivity index (χ4n) is 1.97. The molecule has 0 amide bonds. The van der Waals surface area contributed by atoms with Crippen molar-refractivity contribution in [1.29, 1.82) is 0 Å². The van der Waals surface area contributed by atoms with Crippen LogP contribution >= 0.6 is 43.2 Å². The molecule has 3 nitrogen and oxygen atoms in total. The Morgan fingerprint density at radius 1 is 1.38 bits per heavy atom. The van der Waals surface area contributed by atoms with E-state index in [1.54, 1.807) is 11.3 Å². The van der Waals surface area contributed by atoms with E-state index in [4.69, 9.17) is 4.74 Å². The summed E-state index contributed by atoms with van der Waals surface area (Å²) in [5.74, 6) is 0.899. The lowest BCUT2D eigenvalue weighted by atomic mass is 10.2. The molecule has 0 fully saturated rings. The number of rotatable bonds is 6. The lowest BCUT2D eigenvalue weighted by Gasteiger charge is -2.16. The number of aryl methyl sites for hydroxylation is 1. The number of nitrogens with zero attached hydrogens (tertiary/aromatic N) is 1. The number of benzene rings is 1. The van der Waals surface area contributed by atoms with Gasteiger partial charge in [-0.25, -0.2) is 4.98 Å². The topological polar surface area (TPSA) is 34.1 Å². The van der Waals surface area contributed by atoms with E-state index in [0.29, 0.717) is 6.61 Å². The molecule has 6 heteroatoms. The maximum atomic E-state index is 5.74. The molecule has 0 saturated carbocycles. The van der Waals surface area contributed by atoms with Crippen molar-refractivity contribution in [1.82, 2.24) is 10.3 Å². The molecule has 0 aliphatic carbocycles. The van der Waals surface area contributed by atoms with Crippen LogP contribution in [0.1, 0.15) is 35.3 Å². The lowest BCUT2D eigenvalue weighted by Crippen LogP contribution is -2.18. The van der Waals surface area contributed by atoms with Crippen LogP contribution in [0, 0.1) is 6.92 Å². The van der Waals surface area contributed by atoms with Gasteiger partial charge in [-0.05, 0) is 48.8 Å². The first-order valence-corrected chi connectivity index (χ1v) is 9.18. The first kappa shape index (κ1) is 16.9. The molecular weight excluding hydrogens is 416 g/mol. The summed E-state index contributed by atoms with van der Waals surface area (Å²) in [6.07, 6.45) is 1.92. The van der Waals surface area contributed by atoms with E-state index in [9.17, 15) is 0 Å². The van der Waals surface area contributed by atoms with Crippen LogP contribution in [0.4, 0.5) is 0 Å². The number of aromatic nitrogens is 1. The third kappa shape index (κ3) is 4.52. The summed E-state index contributed by atoms with van der Waals surface area (Å²) in [6.45, 7) is 7.58. The Labute approximate surface area is 146 Å². The molecule has 1 heterocycles. The Morgan fingerprint density at radius 2 is 2.14 bits per heavy atom. The van der Waals surface area contributed by atoms with E-state index in [-0.39, 0.29) is 6.04 Å². The molecule has 2 rings (SSSR count). The van der Waals surface area contributed by atoms with Gasteiger partial charge >= 0.3 is 0 Å².